The summed E-state index contributed by atoms with van der Waals surface area (Å²) < 4.78 is 13.7. The first kappa shape index (κ1) is 23.1. The standard InChI is InChI=1S/C24H21FN2O4S2/c25-16-11-9-15(10-12-16)14-27-18-7-4-3-6-17(18)20(22(27)30)21-23(31)26(24(32)33-21)13-5-1-2-8-19(28)29/h3-4,6-7,9-12H,1-2,5,8,13-14H2,(H,28,29)/p-1/b21-20-. The van der Waals surface area contributed by atoms with Crippen molar-refractivity contribution in [2.75, 3.05) is 11.4 Å². The normalized spacial score (nSPS) is 17.8. The molecule has 2 aliphatic heterocycles. The Morgan fingerprint density at radius 2 is 1.70 bits per heavy atom. The molecule has 2 aromatic rings. The van der Waals surface area contributed by atoms with Gasteiger partial charge in [0.1, 0.15) is 10.1 Å². The maximum absolute atomic E-state index is 13.4. The number of aliphatic carboxylic acids is 1. The van der Waals surface area contributed by atoms with Gasteiger partial charge in [-0.25, -0.2) is 4.39 Å². The minimum atomic E-state index is -1.09. The molecule has 0 aromatic heterocycles. The van der Waals surface area contributed by atoms with Crippen molar-refractivity contribution >= 4 is 57.3 Å². The van der Waals surface area contributed by atoms with Gasteiger partial charge in [0.15, 0.2) is 0 Å². The van der Waals surface area contributed by atoms with Crippen LogP contribution in [0.3, 0.4) is 0 Å². The second-order valence-corrected chi connectivity index (χ2v) is 9.39. The highest BCUT2D eigenvalue weighted by Crippen LogP contribution is 2.45. The molecule has 0 aliphatic carbocycles. The first-order chi connectivity index (χ1) is 15.9. The van der Waals surface area contributed by atoms with E-state index in [1.807, 2.05) is 18.2 Å². The molecule has 6 nitrogen and oxygen atoms in total. The van der Waals surface area contributed by atoms with Crippen molar-refractivity contribution in [1.29, 1.82) is 0 Å². The monoisotopic (exact) mass is 483 g/mol. The topological polar surface area (TPSA) is 80.7 Å². The Bertz CT molecular complexity index is 1160. The number of carbonyl (C=O) groups excluding carboxylic acids is 3. The van der Waals surface area contributed by atoms with E-state index in [2.05, 4.69) is 0 Å². The highest BCUT2D eigenvalue weighted by molar-refractivity contribution is 8.26. The van der Waals surface area contributed by atoms with Crippen LogP contribution in [0.1, 0.15) is 36.8 Å². The number of thiocarbonyl (C=S) groups is 1. The highest BCUT2D eigenvalue weighted by atomic mass is 32.2. The lowest BCUT2D eigenvalue weighted by atomic mass is 10.1. The zero-order chi connectivity index (χ0) is 23.5. The minimum Gasteiger partial charge on any atom is -0.550 e. The van der Waals surface area contributed by atoms with Gasteiger partial charge in [-0.1, -0.05) is 60.7 Å². The average molecular weight is 484 g/mol. The van der Waals surface area contributed by atoms with Gasteiger partial charge in [-0.2, -0.15) is 0 Å². The maximum atomic E-state index is 13.4. The van der Waals surface area contributed by atoms with Crippen LogP contribution in [0.2, 0.25) is 0 Å². The zero-order valence-corrected chi connectivity index (χ0v) is 19.2. The Balaban J connectivity index is 1.57. The van der Waals surface area contributed by atoms with E-state index in [4.69, 9.17) is 12.2 Å². The van der Waals surface area contributed by atoms with Crippen LogP contribution in [-0.2, 0) is 20.9 Å². The van der Waals surface area contributed by atoms with E-state index < -0.39 is 5.97 Å². The number of hydrogen-bond donors (Lipinski definition) is 0. The fourth-order valence-electron chi connectivity index (χ4n) is 3.89. The van der Waals surface area contributed by atoms with Gasteiger partial charge in [-0.05, 0) is 43.0 Å². The van der Waals surface area contributed by atoms with E-state index in [-0.39, 0.29) is 30.6 Å². The number of hydrogen-bond acceptors (Lipinski definition) is 6. The number of unbranched alkanes of at least 4 members (excludes halogenated alkanes) is 2. The molecule has 170 valence electrons. The molecule has 0 N–H and O–H groups in total. The van der Waals surface area contributed by atoms with Gasteiger partial charge in [0, 0.05) is 18.1 Å². The molecule has 2 amide bonds. The Labute approximate surface area is 200 Å². The summed E-state index contributed by atoms with van der Waals surface area (Å²) in [6.45, 7) is 0.613. The summed E-state index contributed by atoms with van der Waals surface area (Å²) in [5.41, 5.74) is 2.45. The number of fused-ring (bicyclic) bond motifs is 1. The second kappa shape index (κ2) is 9.84. The van der Waals surface area contributed by atoms with Crippen molar-refractivity contribution in [2.24, 2.45) is 0 Å². The van der Waals surface area contributed by atoms with Crippen LogP contribution in [0.15, 0.2) is 53.4 Å². The molecule has 2 aromatic carbocycles. The quantitative estimate of drug-likeness (QED) is 0.326. The van der Waals surface area contributed by atoms with Gasteiger partial charge < -0.3 is 14.8 Å². The number of benzene rings is 2. The lowest BCUT2D eigenvalue weighted by Gasteiger charge is -2.17. The lowest BCUT2D eigenvalue weighted by Crippen LogP contribution is -2.30. The molecule has 0 atom stereocenters. The molecule has 9 heteroatoms. The molecular formula is C24H20FN2O4S2-. The zero-order valence-electron chi connectivity index (χ0n) is 17.6. The number of halogens is 1. The largest absolute Gasteiger partial charge is 0.550 e. The number of thioether (sulfide) groups is 1. The Hall–Kier alpha value is -3.04. The van der Waals surface area contributed by atoms with Crippen molar-refractivity contribution in [1.82, 2.24) is 4.90 Å². The van der Waals surface area contributed by atoms with E-state index in [0.29, 0.717) is 51.9 Å². The lowest BCUT2D eigenvalue weighted by molar-refractivity contribution is -0.305. The smallest absolute Gasteiger partial charge is 0.267 e. The maximum Gasteiger partial charge on any atom is 0.267 e. The van der Waals surface area contributed by atoms with Crippen molar-refractivity contribution < 1.29 is 23.9 Å². The fraction of sp³-hybridized carbons (Fsp3) is 0.250. The van der Waals surface area contributed by atoms with Gasteiger partial charge in [0.25, 0.3) is 11.8 Å². The predicted molar refractivity (Wildman–Crippen MR) is 126 cm³/mol. The number of anilines is 1. The van der Waals surface area contributed by atoms with Crippen LogP contribution in [-0.4, -0.2) is 33.5 Å². The van der Waals surface area contributed by atoms with Crippen LogP contribution >= 0.6 is 24.0 Å². The summed E-state index contributed by atoms with van der Waals surface area (Å²) in [5.74, 6) is -2.05. The van der Waals surface area contributed by atoms with Crippen LogP contribution in [0, 0.1) is 5.82 Å². The van der Waals surface area contributed by atoms with Crippen LogP contribution in [0.4, 0.5) is 10.1 Å². The van der Waals surface area contributed by atoms with E-state index >= 15 is 0 Å². The summed E-state index contributed by atoms with van der Waals surface area (Å²) in [6.07, 6.45) is 1.69. The van der Waals surface area contributed by atoms with E-state index in [1.54, 1.807) is 23.1 Å². The molecule has 2 heterocycles. The Morgan fingerprint density at radius 3 is 2.42 bits per heavy atom. The number of carbonyl (C=O) groups is 3. The molecule has 4 rings (SSSR count). The molecule has 0 bridgehead atoms. The highest BCUT2D eigenvalue weighted by Gasteiger charge is 2.41. The Kier molecular flexibility index (Phi) is 6.90. The predicted octanol–water partition coefficient (Wildman–Crippen LogP) is 3.25. The van der Waals surface area contributed by atoms with Gasteiger partial charge in [0.2, 0.25) is 0 Å². The number of amides is 2. The molecular weight excluding hydrogens is 463 g/mol. The van der Waals surface area contributed by atoms with Crippen LogP contribution < -0.4 is 10.0 Å². The first-order valence-electron chi connectivity index (χ1n) is 10.5. The van der Waals surface area contributed by atoms with Gasteiger partial charge >= 0.3 is 0 Å². The van der Waals surface area contributed by atoms with Crippen molar-refractivity contribution in [3.63, 3.8) is 0 Å². The van der Waals surface area contributed by atoms with Crippen LogP contribution in [0.5, 0.6) is 0 Å². The SMILES string of the molecule is O=C([O-])CCCCCN1C(=O)/C(=C2/C(=O)N(Cc3ccc(F)cc3)c3ccccc32)SC1=S. The average Bonchev–Trinajstić information content (AvgIpc) is 3.22. The van der Waals surface area contributed by atoms with E-state index in [0.717, 1.165) is 17.3 Å². The number of nitrogens with zero attached hydrogens (tertiary/aromatic N) is 2. The number of para-hydroxylation sites is 1. The third kappa shape index (κ3) is 4.84. The number of carboxylic acids is 1. The van der Waals surface area contributed by atoms with E-state index in [1.165, 1.54) is 17.0 Å². The summed E-state index contributed by atoms with van der Waals surface area (Å²) >= 11 is 6.51. The molecule has 33 heavy (non-hydrogen) atoms. The summed E-state index contributed by atoms with van der Waals surface area (Å²) in [5, 5.41) is 10.5. The van der Waals surface area contributed by atoms with Crippen molar-refractivity contribution in [3.05, 3.63) is 70.4 Å². The van der Waals surface area contributed by atoms with Crippen LogP contribution in [0.25, 0.3) is 5.57 Å². The summed E-state index contributed by atoms with van der Waals surface area (Å²) in [6, 6.07) is 13.2. The first-order valence-corrected chi connectivity index (χ1v) is 11.7. The molecule has 1 saturated heterocycles. The fourth-order valence-corrected chi connectivity index (χ4v) is 5.27. The molecule has 0 radical (unpaired) electrons. The minimum absolute atomic E-state index is 0.0163. The van der Waals surface area contributed by atoms with Crippen molar-refractivity contribution in [2.45, 2.75) is 32.2 Å². The number of carboxylic acid groups (broad SMARTS) is 1. The Morgan fingerprint density at radius 1 is 0.970 bits per heavy atom. The molecule has 0 unspecified atom stereocenters. The van der Waals surface area contributed by atoms with Gasteiger partial charge in [-0.3, -0.25) is 14.5 Å². The van der Waals surface area contributed by atoms with Crippen molar-refractivity contribution in [3.8, 4) is 0 Å². The molecule has 2 aliphatic rings. The summed E-state index contributed by atoms with van der Waals surface area (Å²) in [7, 11) is 0. The molecule has 0 spiro atoms. The van der Waals surface area contributed by atoms with Gasteiger partial charge in [0.05, 0.1) is 22.7 Å². The third-order valence-electron chi connectivity index (χ3n) is 5.52. The van der Waals surface area contributed by atoms with E-state index in [9.17, 15) is 23.9 Å². The third-order valence-corrected chi connectivity index (χ3v) is 6.96. The second-order valence-electron chi connectivity index (χ2n) is 7.75. The summed E-state index contributed by atoms with van der Waals surface area (Å²) in [4.78, 5) is 40.5. The van der Waals surface area contributed by atoms with Gasteiger partial charge in [-0.15, -0.1) is 0 Å². The molecule has 1 fully saturated rings. The molecule has 0 saturated carbocycles. The number of rotatable bonds is 8.